The van der Waals surface area contributed by atoms with Gasteiger partial charge in [-0.2, -0.15) is 32.3 Å². The summed E-state index contributed by atoms with van der Waals surface area (Å²) < 4.78 is 68.3. The van der Waals surface area contributed by atoms with E-state index in [1.165, 1.54) is 31.3 Å². The maximum atomic E-state index is 13.9. The van der Waals surface area contributed by atoms with Gasteiger partial charge in [-0.05, 0) is 25.8 Å². The summed E-state index contributed by atoms with van der Waals surface area (Å²) in [5.74, 6) is -5.73. The van der Waals surface area contributed by atoms with Gasteiger partial charge in [-0.3, -0.25) is 9.48 Å². The lowest BCUT2D eigenvalue weighted by atomic mass is 10.1. The molecule has 3 heterocycles. The van der Waals surface area contributed by atoms with Crippen molar-refractivity contribution in [3.63, 3.8) is 0 Å². The number of nitriles is 1. The minimum Gasteiger partial charge on any atom is -0.323 e. The predicted molar refractivity (Wildman–Crippen MR) is 111 cm³/mol. The smallest absolute Gasteiger partial charge is 0.323 e. The number of rotatable bonds is 5. The largest absolute Gasteiger partial charge is 0.459 e. The van der Waals surface area contributed by atoms with E-state index in [9.17, 15) is 32.0 Å². The Balaban J connectivity index is 1.67. The Morgan fingerprint density at radius 2 is 1.97 bits per heavy atom. The number of carbonyl (C=O) groups excluding carboxylic acids is 1. The van der Waals surface area contributed by atoms with Gasteiger partial charge < -0.3 is 4.90 Å². The van der Waals surface area contributed by atoms with Crippen LogP contribution in [0.25, 0.3) is 16.4 Å². The Kier molecular flexibility index (Phi) is 5.48. The van der Waals surface area contributed by atoms with Crippen LogP contribution in [0.2, 0.25) is 4.34 Å². The molecule has 0 atom stereocenters. The molecule has 1 aliphatic carbocycles. The Labute approximate surface area is 198 Å². The number of hydrogen-bond acceptors (Lipinski definition) is 6. The first-order chi connectivity index (χ1) is 15.7. The first-order valence-electron chi connectivity index (χ1n) is 9.64. The second-order valence-electron chi connectivity index (χ2n) is 7.85. The summed E-state index contributed by atoms with van der Waals surface area (Å²) in [5.41, 5.74) is -2.34. The van der Waals surface area contributed by atoms with Crippen LogP contribution in [-0.4, -0.2) is 54.3 Å². The molecule has 0 N–H and O–H groups in total. The van der Waals surface area contributed by atoms with Crippen molar-refractivity contribution in [2.45, 2.75) is 37.4 Å². The molecule has 4 rings (SSSR count). The van der Waals surface area contributed by atoms with E-state index in [1.807, 2.05) is 0 Å². The normalized spacial score (nSPS) is 15.3. The first kappa shape index (κ1) is 24.1. The molecular weight excluding hydrogens is 505 g/mol. The van der Waals surface area contributed by atoms with Crippen LogP contribution in [-0.2, 0) is 13.0 Å². The zero-order valence-electron chi connectivity index (χ0n) is 17.8. The molecule has 180 valence electrons. The number of thiophene rings is 1. The maximum Gasteiger partial charge on any atom is 0.459 e. The van der Waals surface area contributed by atoms with Crippen molar-refractivity contribution in [2.75, 3.05) is 7.05 Å². The fourth-order valence-corrected chi connectivity index (χ4v) is 4.72. The second kappa shape index (κ2) is 7.74. The zero-order valence-corrected chi connectivity index (χ0v) is 19.4. The number of amides is 1. The highest BCUT2D eigenvalue weighted by molar-refractivity contribution is 7.19. The molecule has 0 bridgehead atoms. The Morgan fingerprint density at radius 3 is 2.53 bits per heavy atom. The molecule has 1 aliphatic rings. The lowest BCUT2D eigenvalue weighted by Crippen LogP contribution is -2.37. The molecule has 3 aromatic rings. The van der Waals surface area contributed by atoms with Crippen LogP contribution in [0.4, 0.5) is 22.0 Å². The van der Waals surface area contributed by atoms with Gasteiger partial charge in [0.15, 0.2) is 5.82 Å². The van der Waals surface area contributed by atoms with E-state index in [0.717, 1.165) is 27.6 Å². The quantitative estimate of drug-likeness (QED) is 0.464. The third kappa shape index (κ3) is 3.63. The molecule has 0 saturated heterocycles. The van der Waals surface area contributed by atoms with Crippen molar-refractivity contribution in [3.8, 4) is 22.5 Å². The van der Waals surface area contributed by atoms with Gasteiger partial charge in [0.05, 0.1) is 22.7 Å². The number of halogens is 6. The summed E-state index contributed by atoms with van der Waals surface area (Å²) in [6.07, 6.45) is -3.38. The van der Waals surface area contributed by atoms with Crippen molar-refractivity contribution < 1.29 is 26.7 Å². The summed E-state index contributed by atoms with van der Waals surface area (Å²) in [6.45, 7) is 1.08. The van der Waals surface area contributed by atoms with Crippen LogP contribution >= 0.6 is 22.9 Å². The highest BCUT2D eigenvalue weighted by Gasteiger charge is 2.61. The average Bonchev–Trinajstić information content (AvgIpc) is 3.06. The minimum absolute atomic E-state index is 0.138. The monoisotopic (exact) mass is 519 g/mol. The summed E-state index contributed by atoms with van der Waals surface area (Å²) in [4.78, 5) is 14.6. The molecule has 15 heteroatoms. The molecule has 8 nitrogen and oxygen atoms in total. The van der Waals surface area contributed by atoms with Gasteiger partial charge in [0.25, 0.3) is 5.91 Å². The van der Waals surface area contributed by atoms with Crippen molar-refractivity contribution in [1.82, 2.24) is 29.7 Å². The molecule has 0 aliphatic heterocycles. The Hall–Kier alpha value is -3.05. The van der Waals surface area contributed by atoms with Gasteiger partial charge in [0, 0.05) is 19.7 Å². The number of aryl methyl sites for hydroxylation is 1. The van der Waals surface area contributed by atoms with Crippen LogP contribution in [0.15, 0.2) is 12.3 Å². The lowest BCUT2D eigenvalue weighted by molar-refractivity contribution is -0.291. The fourth-order valence-electron chi connectivity index (χ4n) is 3.51. The molecule has 3 aromatic heterocycles. The van der Waals surface area contributed by atoms with Gasteiger partial charge in [0.1, 0.15) is 21.3 Å². The predicted octanol–water partition coefficient (Wildman–Crippen LogP) is 4.47. The van der Waals surface area contributed by atoms with Gasteiger partial charge in [0.2, 0.25) is 0 Å². The Bertz CT molecular complexity index is 1330. The maximum absolute atomic E-state index is 13.9. The number of aromatic nitrogens is 5. The number of nitrogens with zero attached hydrogens (tertiary/aromatic N) is 7. The van der Waals surface area contributed by atoms with Crippen LogP contribution in [0, 0.1) is 18.3 Å². The van der Waals surface area contributed by atoms with Crippen LogP contribution in [0.3, 0.4) is 0 Å². The first-order valence-corrected chi connectivity index (χ1v) is 10.8. The molecule has 1 saturated carbocycles. The van der Waals surface area contributed by atoms with E-state index in [2.05, 4.69) is 21.5 Å². The molecule has 0 spiro atoms. The molecule has 0 aromatic carbocycles. The fraction of sp³-hybridized carbons (Fsp3) is 0.421. The molecule has 1 amide bonds. The van der Waals surface area contributed by atoms with Crippen LogP contribution in [0.1, 0.15) is 34.5 Å². The van der Waals surface area contributed by atoms with E-state index in [1.54, 1.807) is 0 Å². The van der Waals surface area contributed by atoms with Gasteiger partial charge in [-0.15, -0.1) is 16.4 Å². The van der Waals surface area contributed by atoms with E-state index in [0.29, 0.717) is 17.7 Å². The molecular formula is C19H15ClF5N7OS. The van der Waals surface area contributed by atoms with Crippen LogP contribution < -0.4 is 0 Å². The van der Waals surface area contributed by atoms with E-state index in [-0.39, 0.29) is 21.4 Å². The third-order valence-electron chi connectivity index (χ3n) is 5.66. The van der Waals surface area contributed by atoms with E-state index in [4.69, 9.17) is 11.6 Å². The van der Waals surface area contributed by atoms with Crippen LogP contribution in [0.5, 0.6) is 0 Å². The zero-order chi connectivity index (χ0) is 25.2. The summed E-state index contributed by atoms with van der Waals surface area (Å²) in [5, 5.41) is 20.4. The lowest BCUT2D eigenvalue weighted by Gasteiger charge is -2.21. The highest BCUT2D eigenvalue weighted by atomic mass is 35.5. The van der Waals surface area contributed by atoms with Crippen molar-refractivity contribution in [3.05, 3.63) is 33.4 Å². The van der Waals surface area contributed by atoms with E-state index >= 15 is 0 Å². The van der Waals surface area contributed by atoms with Crippen molar-refractivity contribution in [1.29, 1.82) is 5.26 Å². The number of carbonyl (C=O) groups is 1. The van der Waals surface area contributed by atoms with E-state index < -0.39 is 34.8 Å². The molecule has 34 heavy (non-hydrogen) atoms. The SMILES string of the molecule is Cc1c(C(F)(F)C(F)(F)F)nn(C)c1-n1cc(-c2cc(C(=O)N(C)C3(C#N)CC3)c(Cl)s2)nn1. The molecule has 1 fully saturated rings. The van der Waals surface area contributed by atoms with Gasteiger partial charge >= 0.3 is 12.1 Å². The van der Waals surface area contributed by atoms with Gasteiger partial charge in [-0.25, -0.2) is 4.68 Å². The Morgan fingerprint density at radius 1 is 1.32 bits per heavy atom. The second-order valence-corrected chi connectivity index (χ2v) is 9.50. The highest BCUT2D eigenvalue weighted by Crippen LogP contribution is 2.45. The number of alkyl halides is 5. The van der Waals surface area contributed by atoms with Crippen molar-refractivity contribution in [2.24, 2.45) is 7.05 Å². The topological polar surface area (TPSA) is 92.6 Å². The summed E-state index contributed by atoms with van der Waals surface area (Å²) in [6, 6.07) is 3.59. The third-order valence-corrected chi connectivity index (χ3v) is 7.04. The summed E-state index contributed by atoms with van der Waals surface area (Å²) in [7, 11) is 2.72. The van der Waals surface area contributed by atoms with Gasteiger partial charge in [-0.1, -0.05) is 16.8 Å². The molecule has 0 radical (unpaired) electrons. The summed E-state index contributed by atoms with van der Waals surface area (Å²) >= 11 is 7.26. The molecule has 0 unspecified atom stereocenters. The minimum atomic E-state index is -5.81. The average molecular weight is 520 g/mol. The van der Waals surface area contributed by atoms with Crippen molar-refractivity contribution >= 4 is 28.8 Å². The number of hydrogen-bond donors (Lipinski definition) is 0. The standard InChI is InChI=1S/C19H15ClF5N7OS/c1-9-13(18(21,22)19(23,24)25)28-31(3)15(9)32-7-11(27-29-32)12-6-10(14(20)34-12)16(33)30(2)17(8-26)4-5-17/h6-7H,4-5H2,1-3H3.